The van der Waals surface area contributed by atoms with Crippen LogP contribution in [0.1, 0.15) is 45.0 Å². The average Bonchev–Trinajstić information content (AvgIpc) is 2.43. The minimum Gasteiger partial charge on any atom is -0.384 e. The van der Waals surface area contributed by atoms with Gasteiger partial charge < -0.3 is 5.11 Å². The number of rotatable bonds is 2. The smallest absolute Gasteiger partial charge is 0.132 e. The average molecular weight is 290 g/mol. The van der Waals surface area contributed by atoms with Gasteiger partial charge in [0.2, 0.25) is 0 Å². The first-order valence-electron chi connectivity index (χ1n) is 6.95. The summed E-state index contributed by atoms with van der Waals surface area (Å²) in [7, 11) is 0. The van der Waals surface area contributed by atoms with Gasteiger partial charge in [0.1, 0.15) is 17.7 Å². The zero-order valence-electron chi connectivity index (χ0n) is 13.0. The van der Waals surface area contributed by atoms with Crippen molar-refractivity contribution in [3.05, 3.63) is 68.8 Å². The highest BCUT2D eigenvalue weighted by Crippen LogP contribution is 2.34. The normalized spacial score (nSPS) is 12.6. The number of benzene rings is 2. The molecule has 0 radical (unpaired) electrons. The molecule has 0 spiro atoms. The summed E-state index contributed by atoms with van der Waals surface area (Å²) in [5, 5.41) is 10.6. The fourth-order valence-electron chi connectivity index (χ4n) is 2.82. The Morgan fingerprint density at radius 3 is 1.76 bits per heavy atom. The number of hydrogen-bond acceptors (Lipinski definition) is 1. The molecule has 0 fully saturated rings. The second-order valence-corrected chi connectivity index (χ2v) is 5.61. The maximum Gasteiger partial charge on any atom is 0.132 e. The molecule has 0 aliphatic rings. The molecule has 0 saturated heterocycles. The second kappa shape index (κ2) is 5.57. The van der Waals surface area contributed by atoms with Gasteiger partial charge in [-0.25, -0.2) is 8.78 Å². The molecular weight excluding hydrogens is 270 g/mol. The third-order valence-corrected chi connectivity index (χ3v) is 4.59. The molecule has 21 heavy (non-hydrogen) atoms. The van der Waals surface area contributed by atoms with Gasteiger partial charge in [-0.05, 0) is 74.1 Å². The number of aliphatic hydroxyl groups excluding tert-OH is 1. The van der Waals surface area contributed by atoms with Crippen molar-refractivity contribution in [3.63, 3.8) is 0 Å². The molecule has 1 atom stereocenters. The standard InChI is InChI=1S/C18H20F2O/c1-9-10(2)12(4)17(13(5)11(9)3)18(21)15-7-6-14(19)8-16(15)20/h6-8,18,21H,1-5H3. The SMILES string of the molecule is Cc1c(C)c(C)c(C(O)c2ccc(F)cc2F)c(C)c1C. The van der Waals surface area contributed by atoms with Crippen molar-refractivity contribution >= 4 is 0 Å². The van der Waals surface area contributed by atoms with Gasteiger partial charge in [0.05, 0.1) is 0 Å². The van der Waals surface area contributed by atoms with E-state index in [9.17, 15) is 13.9 Å². The van der Waals surface area contributed by atoms with Crippen LogP contribution in [0.3, 0.4) is 0 Å². The molecule has 0 saturated carbocycles. The van der Waals surface area contributed by atoms with Gasteiger partial charge >= 0.3 is 0 Å². The maximum absolute atomic E-state index is 13.9. The van der Waals surface area contributed by atoms with Crippen LogP contribution >= 0.6 is 0 Å². The van der Waals surface area contributed by atoms with Gasteiger partial charge in [0, 0.05) is 11.6 Å². The van der Waals surface area contributed by atoms with Crippen molar-refractivity contribution in [2.75, 3.05) is 0 Å². The van der Waals surface area contributed by atoms with E-state index in [0.717, 1.165) is 28.3 Å². The fourth-order valence-corrected chi connectivity index (χ4v) is 2.82. The van der Waals surface area contributed by atoms with E-state index in [-0.39, 0.29) is 5.56 Å². The zero-order valence-corrected chi connectivity index (χ0v) is 13.0. The lowest BCUT2D eigenvalue weighted by Gasteiger charge is -2.23. The summed E-state index contributed by atoms with van der Waals surface area (Å²) in [6.45, 7) is 9.88. The van der Waals surface area contributed by atoms with Crippen LogP contribution < -0.4 is 0 Å². The van der Waals surface area contributed by atoms with E-state index in [1.54, 1.807) is 0 Å². The fraction of sp³-hybridized carbons (Fsp3) is 0.333. The molecule has 3 heteroatoms. The first-order chi connectivity index (χ1) is 9.75. The summed E-state index contributed by atoms with van der Waals surface area (Å²) in [5.41, 5.74) is 6.08. The van der Waals surface area contributed by atoms with Crippen LogP contribution in [-0.4, -0.2) is 5.11 Å². The predicted octanol–water partition coefficient (Wildman–Crippen LogP) is 4.59. The minimum absolute atomic E-state index is 0.102. The van der Waals surface area contributed by atoms with Crippen molar-refractivity contribution in [2.24, 2.45) is 0 Å². The minimum atomic E-state index is -1.09. The maximum atomic E-state index is 13.9. The molecule has 1 N–H and O–H groups in total. The molecule has 0 aliphatic heterocycles. The molecule has 2 aromatic rings. The van der Waals surface area contributed by atoms with Gasteiger partial charge in [-0.3, -0.25) is 0 Å². The topological polar surface area (TPSA) is 20.2 Å². The lowest BCUT2D eigenvalue weighted by Crippen LogP contribution is -2.10. The monoisotopic (exact) mass is 290 g/mol. The molecule has 0 aromatic heterocycles. The van der Waals surface area contributed by atoms with E-state index >= 15 is 0 Å². The number of halogens is 2. The van der Waals surface area contributed by atoms with E-state index in [2.05, 4.69) is 0 Å². The summed E-state index contributed by atoms with van der Waals surface area (Å²) in [5.74, 6) is -1.37. The van der Waals surface area contributed by atoms with E-state index in [4.69, 9.17) is 0 Å². The molecular formula is C18H20F2O. The summed E-state index contributed by atoms with van der Waals surface area (Å²) in [6.07, 6.45) is -1.09. The highest BCUT2D eigenvalue weighted by molar-refractivity contribution is 5.52. The van der Waals surface area contributed by atoms with Crippen molar-refractivity contribution in [1.29, 1.82) is 0 Å². The number of aliphatic hydroxyl groups is 1. The first kappa shape index (κ1) is 15.6. The van der Waals surface area contributed by atoms with Gasteiger partial charge in [0.15, 0.2) is 0 Å². The zero-order chi connectivity index (χ0) is 15.9. The molecule has 0 heterocycles. The van der Waals surface area contributed by atoms with Gasteiger partial charge in [-0.15, -0.1) is 0 Å². The highest BCUT2D eigenvalue weighted by atomic mass is 19.1. The van der Waals surface area contributed by atoms with E-state index in [1.807, 2.05) is 34.6 Å². The molecule has 2 aromatic carbocycles. The number of hydrogen-bond donors (Lipinski definition) is 1. The Balaban J connectivity index is 2.66. The van der Waals surface area contributed by atoms with Crippen LogP contribution in [0, 0.1) is 46.3 Å². The van der Waals surface area contributed by atoms with Crippen LogP contribution in [0.15, 0.2) is 18.2 Å². The lowest BCUT2D eigenvalue weighted by atomic mass is 9.85. The summed E-state index contributed by atoms with van der Waals surface area (Å²) < 4.78 is 27.0. The second-order valence-electron chi connectivity index (χ2n) is 5.61. The summed E-state index contributed by atoms with van der Waals surface area (Å²) in [4.78, 5) is 0. The molecule has 112 valence electrons. The molecule has 0 amide bonds. The third kappa shape index (κ3) is 2.58. The van der Waals surface area contributed by atoms with E-state index < -0.39 is 17.7 Å². The van der Waals surface area contributed by atoms with Crippen LogP contribution in [-0.2, 0) is 0 Å². The Morgan fingerprint density at radius 1 is 0.810 bits per heavy atom. The largest absolute Gasteiger partial charge is 0.384 e. The van der Waals surface area contributed by atoms with Gasteiger partial charge in [-0.1, -0.05) is 6.07 Å². The van der Waals surface area contributed by atoms with Crippen molar-refractivity contribution in [1.82, 2.24) is 0 Å². The van der Waals surface area contributed by atoms with E-state index in [0.29, 0.717) is 5.56 Å². The van der Waals surface area contributed by atoms with E-state index in [1.165, 1.54) is 17.7 Å². The molecule has 0 bridgehead atoms. The summed E-state index contributed by atoms with van der Waals surface area (Å²) >= 11 is 0. The Bertz CT molecular complexity index is 676. The van der Waals surface area contributed by atoms with Gasteiger partial charge in [0.25, 0.3) is 0 Å². The van der Waals surface area contributed by atoms with Crippen LogP contribution in [0.2, 0.25) is 0 Å². The van der Waals surface area contributed by atoms with Crippen LogP contribution in [0.4, 0.5) is 8.78 Å². The van der Waals surface area contributed by atoms with Crippen molar-refractivity contribution < 1.29 is 13.9 Å². The van der Waals surface area contributed by atoms with Gasteiger partial charge in [-0.2, -0.15) is 0 Å². The quantitative estimate of drug-likeness (QED) is 0.857. The van der Waals surface area contributed by atoms with Crippen LogP contribution in [0.25, 0.3) is 0 Å². The Hall–Kier alpha value is -1.74. The van der Waals surface area contributed by atoms with Crippen molar-refractivity contribution in [2.45, 2.75) is 40.7 Å². The highest BCUT2D eigenvalue weighted by Gasteiger charge is 2.22. The molecule has 1 nitrogen and oxygen atoms in total. The molecule has 0 aliphatic carbocycles. The van der Waals surface area contributed by atoms with Crippen LogP contribution in [0.5, 0.6) is 0 Å². The predicted molar refractivity (Wildman–Crippen MR) is 80.5 cm³/mol. The Labute approximate surface area is 124 Å². The first-order valence-corrected chi connectivity index (χ1v) is 6.95. The Kier molecular flexibility index (Phi) is 4.15. The molecule has 1 unspecified atom stereocenters. The summed E-state index contributed by atoms with van der Waals surface area (Å²) in [6, 6.07) is 3.27. The molecule has 2 rings (SSSR count). The van der Waals surface area contributed by atoms with Crippen molar-refractivity contribution in [3.8, 4) is 0 Å². The Morgan fingerprint density at radius 2 is 1.29 bits per heavy atom. The lowest BCUT2D eigenvalue weighted by molar-refractivity contribution is 0.213. The third-order valence-electron chi connectivity index (χ3n) is 4.59.